The summed E-state index contributed by atoms with van der Waals surface area (Å²) in [5.74, 6) is -1.05. The molecule has 3 rings (SSSR count). The minimum absolute atomic E-state index is 0.0771. The number of carboxylic acids is 1. The Morgan fingerprint density at radius 2 is 2.24 bits per heavy atom. The molecule has 1 aliphatic rings. The van der Waals surface area contributed by atoms with Crippen molar-refractivity contribution in [3.8, 4) is 0 Å². The lowest BCUT2D eigenvalue weighted by atomic mass is 9.93. The van der Waals surface area contributed by atoms with Crippen LogP contribution in [0.15, 0.2) is 42.6 Å². The van der Waals surface area contributed by atoms with Gasteiger partial charge in [0, 0.05) is 17.8 Å². The van der Waals surface area contributed by atoms with Crippen molar-refractivity contribution in [2.75, 3.05) is 13.1 Å². The maximum absolute atomic E-state index is 11.5. The van der Waals surface area contributed by atoms with Gasteiger partial charge in [0.25, 0.3) is 0 Å². The molecule has 0 aliphatic carbocycles. The van der Waals surface area contributed by atoms with Crippen LogP contribution in [0, 0.1) is 5.92 Å². The molecule has 5 heteroatoms. The van der Waals surface area contributed by atoms with Gasteiger partial charge in [-0.25, -0.2) is 0 Å². The van der Waals surface area contributed by atoms with Crippen molar-refractivity contribution >= 4 is 17.6 Å². The number of benzene rings is 1. The number of pyridine rings is 1. The highest BCUT2D eigenvalue weighted by molar-refractivity contribution is 6.30. The van der Waals surface area contributed by atoms with Crippen molar-refractivity contribution in [1.82, 2.24) is 9.88 Å². The number of piperidine rings is 1. The Morgan fingerprint density at radius 1 is 1.40 bits per heavy atom. The summed E-state index contributed by atoms with van der Waals surface area (Å²) in [5.41, 5.74) is 3.18. The molecule has 2 atom stereocenters. The molecule has 1 N–H and O–H groups in total. The molecule has 2 unspecified atom stereocenters. The van der Waals surface area contributed by atoms with Gasteiger partial charge < -0.3 is 5.11 Å². The van der Waals surface area contributed by atoms with Crippen LogP contribution < -0.4 is 0 Å². The number of aromatic nitrogens is 1. The molecular formula is C20H23ClN2O2. The summed E-state index contributed by atoms with van der Waals surface area (Å²) in [7, 11) is 0. The van der Waals surface area contributed by atoms with E-state index in [9.17, 15) is 9.90 Å². The molecule has 0 saturated carbocycles. The lowest BCUT2D eigenvalue weighted by Crippen LogP contribution is -2.41. The van der Waals surface area contributed by atoms with Crippen LogP contribution in [0.3, 0.4) is 0 Å². The first-order chi connectivity index (χ1) is 12.1. The average Bonchev–Trinajstić information content (AvgIpc) is 2.63. The van der Waals surface area contributed by atoms with Gasteiger partial charge in [-0.2, -0.15) is 0 Å². The Kier molecular flexibility index (Phi) is 5.71. The van der Waals surface area contributed by atoms with Crippen LogP contribution >= 0.6 is 11.6 Å². The van der Waals surface area contributed by atoms with E-state index in [1.165, 1.54) is 5.56 Å². The van der Waals surface area contributed by atoms with Crippen LogP contribution in [0.2, 0.25) is 5.02 Å². The summed E-state index contributed by atoms with van der Waals surface area (Å²) in [6.45, 7) is 3.50. The first kappa shape index (κ1) is 17.9. The highest BCUT2D eigenvalue weighted by atomic mass is 35.5. The highest BCUT2D eigenvalue weighted by Gasteiger charge is 2.31. The number of likely N-dealkylation sites (tertiary alicyclic amines) is 1. The van der Waals surface area contributed by atoms with E-state index in [2.05, 4.69) is 28.9 Å². The molecule has 25 heavy (non-hydrogen) atoms. The van der Waals surface area contributed by atoms with E-state index in [1.54, 1.807) is 0 Å². The molecule has 0 bridgehead atoms. The third kappa shape index (κ3) is 4.20. The summed E-state index contributed by atoms with van der Waals surface area (Å²) >= 11 is 6.21. The normalized spacial score (nSPS) is 19.5. The molecule has 4 nitrogen and oxygen atoms in total. The molecule has 1 aromatic heterocycles. The Bertz CT molecular complexity index is 733. The van der Waals surface area contributed by atoms with Gasteiger partial charge in [0.15, 0.2) is 0 Å². The molecular weight excluding hydrogens is 336 g/mol. The fraction of sp³-hybridized carbons (Fsp3) is 0.400. The van der Waals surface area contributed by atoms with E-state index < -0.39 is 5.97 Å². The van der Waals surface area contributed by atoms with Crippen LogP contribution in [-0.2, 0) is 11.2 Å². The smallest absolute Gasteiger partial charge is 0.307 e. The van der Waals surface area contributed by atoms with Crippen LogP contribution in [0.5, 0.6) is 0 Å². The zero-order valence-corrected chi connectivity index (χ0v) is 15.1. The summed E-state index contributed by atoms with van der Waals surface area (Å²) in [5, 5.41) is 10.1. The number of carboxylic acid groups (broad SMARTS) is 1. The van der Waals surface area contributed by atoms with Gasteiger partial charge >= 0.3 is 5.97 Å². The second kappa shape index (κ2) is 7.98. The Hall–Kier alpha value is -1.91. The fourth-order valence-electron chi connectivity index (χ4n) is 3.49. The predicted molar refractivity (Wildman–Crippen MR) is 98.8 cm³/mol. The Balaban J connectivity index is 1.97. The zero-order valence-electron chi connectivity index (χ0n) is 14.4. The second-order valence-electron chi connectivity index (χ2n) is 6.57. The lowest BCUT2D eigenvalue weighted by molar-refractivity contribution is -0.143. The largest absolute Gasteiger partial charge is 0.481 e. The standard InChI is InChI=1S/C20H23ClN2O2/c1-2-14-8-9-18(22-12-14)19(15-5-3-7-17(21)11-15)23-10-4-6-16(13-23)20(24)25/h3,5,7-9,11-12,16,19H,2,4,6,10,13H2,1H3,(H,24,25). The topological polar surface area (TPSA) is 53.4 Å². The third-order valence-electron chi connectivity index (χ3n) is 4.87. The summed E-state index contributed by atoms with van der Waals surface area (Å²) in [6.07, 6.45) is 4.46. The SMILES string of the molecule is CCc1ccc(C(c2cccc(Cl)c2)N2CCCC(C(=O)O)C2)nc1. The van der Waals surface area contributed by atoms with Gasteiger partial charge in [0.2, 0.25) is 0 Å². The molecule has 1 saturated heterocycles. The van der Waals surface area contributed by atoms with Crippen molar-refractivity contribution in [1.29, 1.82) is 0 Å². The average molecular weight is 359 g/mol. The van der Waals surface area contributed by atoms with Crippen molar-refractivity contribution in [3.63, 3.8) is 0 Å². The van der Waals surface area contributed by atoms with Crippen molar-refractivity contribution in [2.24, 2.45) is 5.92 Å². The number of carbonyl (C=O) groups is 1. The van der Waals surface area contributed by atoms with Gasteiger partial charge in [0.05, 0.1) is 17.7 Å². The predicted octanol–water partition coefficient (Wildman–Crippen LogP) is 4.18. The van der Waals surface area contributed by atoms with Crippen LogP contribution in [0.4, 0.5) is 0 Å². The van der Waals surface area contributed by atoms with E-state index in [0.29, 0.717) is 11.6 Å². The molecule has 0 radical (unpaired) electrons. The fourth-order valence-corrected chi connectivity index (χ4v) is 3.69. The molecule has 132 valence electrons. The Labute approximate surface area is 153 Å². The number of aliphatic carboxylic acids is 1. The van der Waals surface area contributed by atoms with E-state index in [4.69, 9.17) is 11.6 Å². The molecule has 2 heterocycles. The van der Waals surface area contributed by atoms with Crippen molar-refractivity contribution in [2.45, 2.75) is 32.2 Å². The van der Waals surface area contributed by atoms with Crippen LogP contribution in [0.25, 0.3) is 0 Å². The van der Waals surface area contributed by atoms with E-state index in [0.717, 1.165) is 37.1 Å². The molecule has 1 aliphatic heterocycles. The Morgan fingerprint density at radius 3 is 2.88 bits per heavy atom. The lowest BCUT2D eigenvalue weighted by Gasteiger charge is -2.37. The molecule has 1 aromatic carbocycles. The molecule has 2 aromatic rings. The number of nitrogens with zero attached hydrogens (tertiary/aromatic N) is 2. The zero-order chi connectivity index (χ0) is 17.8. The van der Waals surface area contributed by atoms with Gasteiger partial charge in [-0.05, 0) is 55.1 Å². The number of rotatable bonds is 5. The third-order valence-corrected chi connectivity index (χ3v) is 5.10. The van der Waals surface area contributed by atoms with Gasteiger partial charge in [-0.3, -0.25) is 14.7 Å². The van der Waals surface area contributed by atoms with E-state index in [1.807, 2.05) is 30.5 Å². The minimum Gasteiger partial charge on any atom is -0.481 e. The quantitative estimate of drug-likeness (QED) is 0.871. The molecule has 0 amide bonds. The van der Waals surface area contributed by atoms with E-state index in [-0.39, 0.29) is 12.0 Å². The van der Waals surface area contributed by atoms with Gasteiger partial charge in [0.1, 0.15) is 0 Å². The van der Waals surface area contributed by atoms with E-state index >= 15 is 0 Å². The number of hydrogen-bond donors (Lipinski definition) is 1. The minimum atomic E-state index is -0.719. The maximum Gasteiger partial charge on any atom is 0.307 e. The molecule has 0 spiro atoms. The van der Waals surface area contributed by atoms with Crippen molar-refractivity contribution < 1.29 is 9.90 Å². The first-order valence-corrected chi connectivity index (χ1v) is 9.13. The first-order valence-electron chi connectivity index (χ1n) is 8.75. The number of halogens is 1. The second-order valence-corrected chi connectivity index (χ2v) is 7.01. The van der Waals surface area contributed by atoms with Crippen LogP contribution in [0.1, 0.15) is 42.6 Å². The van der Waals surface area contributed by atoms with Crippen LogP contribution in [-0.4, -0.2) is 34.0 Å². The number of aryl methyl sites for hydroxylation is 1. The van der Waals surface area contributed by atoms with Gasteiger partial charge in [-0.1, -0.05) is 36.7 Å². The van der Waals surface area contributed by atoms with Crippen molar-refractivity contribution in [3.05, 3.63) is 64.4 Å². The monoisotopic (exact) mass is 358 g/mol. The summed E-state index contributed by atoms with van der Waals surface area (Å²) in [4.78, 5) is 18.4. The molecule has 1 fully saturated rings. The maximum atomic E-state index is 11.5. The summed E-state index contributed by atoms with van der Waals surface area (Å²) in [6, 6.07) is 11.8. The highest BCUT2D eigenvalue weighted by Crippen LogP contribution is 2.32. The summed E-state index contributed by atoms with van der Waals surface area (Å²) < 4.78 is 0. The van der Waals surface area contributed by atoms with Gasteiger partial charge in [-0.15, -0.1) is 0 Å². The number of hydrogen-bond acceptors (Lipinski definition) is 3.